The minimum Gasteiger partial charge on any atom is -0.305 e. The third-order valence-corrected chi connectivity index (χ3v) is 4.57. The Bertz CT molecular complexity index is 733. The zero-order valence-electron chi connectivity index (χ0n) is 13.5. The van der Waals surface area contributed by atoms with Crippen LogP contribution in [-0.2, 0) is 6.54 Å². The quantitative estimate of drug-likeness (QED) is 0.912. The van der Waals surface area contributed by atoms with Crippen LogP contribution in [0.15, 0.2) is 54.1 Å². The maximum Gasteiger partial charge on any atom is 0.137 e. The molecular weight excluding hydrogens is 308 g/mol. The van der Waals surface area contributed by atoms with Gasteiger partial charge in [0.05, 0.1) is 6.54 Å². The third kappa shape index (κ3) is 3.54. The summed E-state index contributed by atoms with van der Waals surface area (Å²) in [5, 5.41) is 8.67. The van der Waals surface area contributed by atoms with Crippen LogP contribution >= 0.6 is 11.6 Å². The summed E-state index contributed by atoms with van der Waals surface area (Å²) in [6.07, 6.45) is 8.21. The van der Waals surface area contributed by atoms with E-state index in [-0.39, 0.29) is 5.54 Å². The molecule has 0 bridgehead atoms. The molecule has 3 rings (SSSR count). The smallest absolute Gasteiger partial charge is 0.137 e. The predicted molar refractivity (Wildman–Crippen MR) is 94.1 cm³/mol. The first kappa shape index (κ1) is 16.0. The van der Waals surface area contributed by atoms with Gasteiger partial charge in [-0.1, -0.05) is 41.9 Å². The van der Waals surface area contributed by atoms with Crippen molar-refractivity contribution in [3.05, 3.63) is 65.2 Å². The Kier molecular flexibility index (Phi) is 4.64. The van der Waals surface area contributed by atoms with E-state index in [1.165, 1.54) is 16.7 Å². The van der Waals surface area contributed by atoms with Crippen molar-refractivity contribution in [1.29, 1.82) is 0 Å². The molecule has 5 heteroatoms. The number of benzene rings is 1. The summed E-state index contributed by atoms with van der Waals surface area (Å²) in [5.41, 5.74) is 3.62. The van der Waals surface area contributed by atoms with E-state index >= 15 is 0 Å². The van der Waals surface area contributed by atoms with Crippen LogP contribution in [0.4, 0.5) is 0 Å². The van der Waals surface area contributed by atoms with Gasteiger partial charge in [0.25, 0.3) is 0 Å². The first-order chi connectivity index (χ1) is 11.1. The van der Waals surface area contributed by atoms with E-state index in [1.54, 1.807) is 12.7 Å². The van der Waals surface area contributed by atoms with Crippen molar-refractivity contribution in [1.82, 2.24) is 20.1 Å². The highest BCUT2D eigenvalue weighted by Gasteiger charge is 2.32. The van der Waals surface area contributed by atoms with Gasteiger partial charge in [-0.15, -0.1) is 0 Å². The van der Waals surface area contributed by atoms with Crippen LogP contribution in [0.3, 0.4) is 0 Å². The van der Waals surface area contributed by atoms with Crippen molar-refractivity contribution < 1.29 is 0 Å². The highest BCUT2D eigenvalue weighted by atomic mass is 35.5. The average molecular weight is 329 g/mol. The molecule has 1 atom stereocenters. The van der Waals surface area contributed by atoms with Crippen LogP contribution in [0.2, 0.25) is 0 Å². The van der Waals surface area contributed by atoms with E-state index < -0.39 is 0 Å². The molecule has 0 saturated heterocycles. The van der Waals surface area contributed by atoms with Crippen molar-refractivity contribution in [3.8, 4) is 0 Å². The van der Waals surface area contributed by atoms with E-state index in [4.69, 9.17) is 11.6 Å². The summed E-state index contributed by atoms with van der Waals surface area (Å²) >= 11 is 6.32. The monoisotopic (exact) mass is 328 g/mol. The molecule has 1 aromatic carbocycles. The minimum atomic E-state index is -0.196. The number of nitrogens with zero attached hydrogens (tertiary/aromatic N) is 3. The molecule has 0 radical (unpaired) electrons. The Hall–Kier alpha value is -1.91. The lowest BCUT2D eigenvalue weighted by Crippen LogP contribution is -2.45. The number of aryl methyl sites for hydroxylation is 1. The molecule has 2 aromatic rings. The van der Waals surface area contributed by atoms with Gasteiger partial charge in [0.2, 0.25) is 0 Å². The van der Waals surface area contributed by atoms with Crippen molar-refractivity contribution in [2.24, 2.45) is 0 Å². The molecule has 1 N–H and O–H groups in total. The van der Waals surface area contributed by atoms with Crippen molar-refractivity contribution >= 4 is 17.2 Å². The van der Waals surface area contributed by atoms with Gasteiger partial charge in [-0.05, 0) is 36.6 Å². The SMILES string of the molecule is Cc1ccccc1C1=CC=C(Cl)CC1(C)NCCn1cncn1. The second kappa shape index (κ2) is 6.69. The van der Waals surface area contributed by atoms with Gasteiger partial charge in [0.1, 0.15) is 12.7 Å². The third-order valence-electron chi connectivity index (χ3n) is 4.31. The Morgan fingerprint density at radius 2 is 2.13 bits per heavy atom. The lowest BCUT2D eigenvalue weighted by molar-refractivity contribution is 0.424. The molecule has 1 aliphatic carbocycles. The second-order valence-electron chi connectivity index (χ2n) is 6.10. The second-order valence-corrected chi connectivity index (χ2v) is 6.59. The fraction of sp³-hybridized carbons (Fsp3) is 0.333. The molecule has 0 aliphatic heterocycles. The van der Waals surface area contributed by atoms with Gasteiger partial charge in [0.15, 0.2) is 0 Å². The van der Waals surface area contributed by atoms with Crippen molar-refractivity contribution in [3.63, 3.8) is 0 Å². The van der Waals surface area contributed by atoms with Gasteiger partial charge >= 0.3 is 0 Å². The molecule has 1 heterocycles. The van der Waals surface area contributed by atoms with Crippen molar-refractivity contribution in [2.45, 2.75) is 32.4 Å². The standard InChI is InChI=1S/C18H21ClN4/c1-14-5-3-4-6-16(14)17-8-7-15(19)11-18(17,2)21-9-10-23-13-20-12-22-23/h3-8,12-13,21H,9-11H2,1-2H3. The van der Waals surface area contributed by atoms with Crippen LogP contribution in [-0.4, -0.2) is 26.8 Å². The van der Waals surface area contributed by atoms with Gasteiger partial charge < -0.3 is 5.32 Å². The molecule has 0 spiro atoms. The fourth-order valence-electron chi connectivity index (χ4n) is 3.06. The zero-order valence-corrected chi connectivity index (χ0v) is 14.2. The van der Waals surface area contributed by atoms with Gasteiger partial charge in [-0.2, -0.15) is 5.10 Å². The lowest BCUT2D eigenvalue weighted by Gasteiger charge is -2.36. The van der Waals surface area contributed by atoms with E-state index in [2.05, 4.69) is 59.6 Å². The van der Waals surface area contributed by atoms with E-state index in [0.29, 0.717) is 0 Å². The van der Waals surface area contributed by atoms with Crippen LogP contribution in [0, 0.1) is 6.92 Å². The Balaban J connectivity index is 1.81. The van der Waals surface area contributed by atoms with Crippen LogP contribution in [0.1, 0.15) is 24.5 Å². The number of nitrogens with one attached hydrogen (secondary N) is 1. The lowest BCUT2D eigenvalue weighted by atomic mass is 9.79. The van der Waals surface area contributed by atoms with Crippen LogP contribution < -0.4 is 5.32 Å². The number of rotatable bonds is 5. The molecule has 0 fully saturated rings. The molecule has 1 aliphatic rings. The number of hydrogen-bond acceptors (Lipinski definition) is 3. The first-order valence-corrected chi connectivity index (χ1v) is 8.16. The number of aromatic nitrogens is 3. The van der Waals surface area contributed by atoms with Gasteiger partial charge in [0, 0.05) is 23.5 Å². The molecule has 1 unspecified atom stereocenters. The predicted octanol–water partition coefficient (Wildman–Crippen LogP) is 3.54. The number of halogens is 1. The summed E-state index contributed by atoms with van der Waals surface area (Å²) in [7, 11) is 0. The van der Waals surface area contributed by atoms with Crippen molar-refractivity contribution in [2.75, 3.05) is 6.54 Å². The molecule has 0 saturated carbocycles. The summed E-state index contributed by atoms with van der Waals surface area (Å²) in [5.74, 6) is 0. The molecular formula is C18H21ClN4. The summed E-state index contributed by atoms with van der Waals surface area (Å²) < 4.78 is 1.83. The molecule has 120 valence electrons. The summed E-state index contributed by atoms with van der Waals surface area (Å²) in [6, 6.07) is 8.47. The highest BCUT2D eigenvalue weighted by Crippen LogP contribution is 2.38. The maximum absolute atomic E-state index is 6.32. The van der Waals surface area contributed by atoms with Gasteiger partial charge in [-0.3, -0.25) is 4.68 Å². The Morgan fingerprint density at radius 3 is 2.87 bits per heavy atom. The normalized spacial score (nSPS) is 21.0. The number of allylic oxidation sites excluding steroid dienone is 2. The van der Waals surface area contributed by atoms with E-state index in [1.807, 2.05) is 10.8 Å². The topological polar surface area (TPSA) is 42.7 Å². The van der Waals surface area contributed by atoms with Crippen LogP contribution in [0.5, 0.6) is 0 Å². The largest absolute Gasteiger partial charge is 0.305 e. The summed E-state index contributed by atoms with van der Waals surface area (Å²) in [4.78, 5) is 3.97. The van der Waals surface area contributed by atoms with E-state index in [9.17, 15) is 0 Å². The highest BCUT2D eigenvalue weighted by molar-refractivity contribution is 6.30. The van der Waals surface area contributed by atoms with Crippen LogP contribution in [0.25, 0.3) is 5.57 Å². The molecule has 4 nitrogen and oxygen atoms in total. The first-order valence-electron chi connectivity index (χ1n) is 7.79. The molecule has 1 aromatic heterocycles. The molecule has 0 amide bonds. The Labute approximate surface area is 141 Å². The fourth-order valence-corrected chi connectivity index (χ4v) is 3.39. The maximum atomic E-state index is 6.32. The summed E-state index contributed by atoms with van der Waals surface area (Å²) in [6.45, 7) is 5.93. The van der Waals surface area contributed by atoms with E-state index in [0.717, 1.165) is 24.5 Å². The zero-order chi connectivity index (χ0) is 16.3. The Morgan fingerprint density at radius 1 is 1.30 bits per heavy atom. The number of hydrogen-bond donors (Lipinski definition) is 1. The average Bonchev–Trinajstić information content (AvgIpc) is 3.02. The molecule has 23 heavy (non-hydrogen) atoms. The minimum absolute atomic E-state index is 0.196. The van der Waals surface area contributed by atoms with Gasteiger partial charge in [-0.25, -0.2) is 4.98 Å².